The fourth-order valence-corrected chi connectivity index (χ4v) is 1.84. The Morgan fingerprint density at radius 2 is 1.82 bits per heavy atom. The van der Waals surface area contributed by atoms with E-state index in [0.717, 1.165) is 11.1 Å². The summed E-state index contributed by atoms with van der Waals surface area (Å²) in [5.41, 5.74) is 2.40. The van der Waals surface area contributed by atoms with Gasteiger partial charge in [-0.15, -0.1) is 0 Å². The fourth-order valence-electron chi connectivity index (χ4n) is 1.84. The molecule has 0 amide bonds. The van der Waals surface area contributed by atoms with Crippen LogP contribution in [0.1, 0.15) is 5.56 Å². The Hall–Kier alpha value is -2.03. The zero-order valence-corrected chi connectivity index (χ0v) is 9.70. The van der Waals surface area contributed by atoms with Gasteiger partial charge in [0.2, 0.25) is 0 Å². The van der Waals surface area contributed by atoms with Crippen LogP contribution in [0.3, 0.4) is 0 Å². The Kier molecular flexibility index (Phi) is 3.00. The van der Waals surface area contributed by atoms with Gasteiger partial charge in [-0.05, 0) is 48.4 Å². The number of methoxy groups -OCH3 is 1. The maximum atomic E-state index is 13.3. The van der Waals surface area contributed by atoms with Gasteiger partial charge in [-0.1, -0.05) is 6.07 Å². The summed E-state index contributed by atoms with van der Waals surface area (Å²) < 4.78 is 18.5. The van der Waals surface area contributed by atoms with E-state index in [1.165, 1.54) is 12.1 Å². The van der Waals surface area contributed by atoms with Crippen LogP contribution >= 0.6 is 0 Å². The van der Waals surface area contributed by atoms with E-state index in [0.29, 0.717) is 11.3 Å². The molecule has 2 rings (SSSR count). The van der Waals surface area contributed by atoms with Gasteiger partial charge >= 0.3 is 0 Å². The molecular formula is C14H13FO2. The number of aryl methyl sites for hydroxylation is 1. The predicted octanol–water partition coefficient (Wildman–Crippen LogP) is 3.52. The molecule has 0 spiro atoms. The van der Waals surface area contributed by atoms with Crippen LogP contribution in [0.2, 0.25) is 0 Å². The molecule has 0 unspecified atom stereocenters. The average Bonchev–Trinajstić information content (AvgIpc) is 2.29. The van der Waals surface area contributed by atoms with Gasteiger partial charge in [0.05, 0.1) is 7.11 Å². The Labute approximate surface area is 99.3 Å². The van der Waals surface area contributed by atoms with Crippen LogP contribution in [0.5, 0.6) is 11.5 Å². The van der Waals surface area contributed by atoms with E-state index < -0.39 is 0 Å². The molecule has 2 aromatic rings. The topological polar surface area (TPSA) is 29.5 Å². The van der Waals surface area contributed by atoms with Crippen LogP contribution in [0.4, 0.5) is 4.39 Å². The molecule has 0 saturated carbocycles. The van der Waals surface area contributed by atoms with Crippen molar-refractivity contribution in [1.29, 1.82) is 0 Å². The third kappa shape index (κ3) is 2.23. The van der Waals surface area contributed by atoms with E-state index in [1.54, 1.807) is 31.4 Å². The van der Waals surface area contributed by atoms with E-state index in [-0.39, 0.29) is 11.6 Å². The van der Waals surface area contributed by atoms with E-state index in [4.69, 9.17) is 4.74 Å². The Balaban J connectivity index is 2.62. The first kappa shape index (κ1) is 11.5. The first-order chi connectivity index (χ1) is 8.11. The zero-order valence-electron chi connectivity index (χ0n) is 9.70. The number of benzene rings is 2. The summed E-state index contributed by atoms with van der Waals surface area (Å²) in [6.45, 7) is 1.86. The molecule has 0 aliphatic heterocycles. The normalized spacial score (nSPS) is 10.3. The van der Waals surface area contributed by atoms with Crippen LogP contribution in [-0.4, -0.2) is 12.2 Å². The molecule has 2 nitrogen and oxygen atoms in total. The molecule has 3 heteroatoms. The van der Waals surface area contributed by atoms with Crippen molar-refractivity contribution in [3.05, 3.63) is 47.8 Å². The second-order valence-corrected chi connectivity index (χ2v) is 3.84. The molecule has 0 aromatic heterocycles. The Bertz CT molecular complexity index is 550. The lowest BCUT2D eigenvalue weighted by Crippen LogP contribution is -1.91. The summed E-state index contributed by atoms with van der Waals surface area (Å²) in [5, 5.41) is 9.36. The minimum absolute atomic E-state index is 0.196. The van der Waals surface area contributed by atoms with Gasteiger partial charge in [-0.2, -0.15) is 0 Å². The van der Waals surface area contributed by atoms with Crippen LogP contribution in [0.25, 0.3) is 11.1 Å². The van der Waals surface area contributed by atoms with Crippen molar-refractivity contribution in [1.82, 2.24) is 0 Å². The number of aromatic hydroxyl groups is 1. The number of phenolic OH excluding ortho intramolecular Hbond substituents is 1. The maximum Gasteiger partial charge on any atom is 0.126 e. The molecule has 0 atom stereocenters. The van der Waals surface area contributed by atoms with Crippen molar-refractivity contribution in [3.63, 3.8) is 0 Å². The third-order valence-electron chi connectivity index (χ3n) is 2.66. The number of phenols is 1. The van der Waals surface area contributed by atoms with Crippen molar-refractivity contribution in [2.24, 2.45) is 0 Å². The van der Waals surface area contributed by atoms with E-state index in [2.05, 4.69) is 0 Å². The lowest BCUT2D eigenvalue weighted by Gasteiger charge is -2.11. The highest BCUT2D eigenvalue weighted by atomic mass is 19.1. The standard InChI is InChI=1S/C14H13FO2/c1-9-7-11(16)4-5-12(9)13-8-10(15)3-6-14(13)17-2/h3-8,16H,1-2H3. The van der Waals surface area contributed by atoms with Gasteiger partial charge < -0.3 is 9.84 Å². The first-order valence-electron chi connectivity index (χ1n) is 5.25. The monoisotopic (exact) mass is 232 g/mol. The van der Waals surface area contributed by atoms with Gasteiger partial charge in [0, 0.05) is 5.56 Å². The van der Waals surface area contributed by atoms with Crippen LogP contribution in [0, 0.1) is 12.7 Å². The van der Waals surface area contributed by atoms with Crippen molar-refractivity contribution in [3.8, 4) is 22.6 Å². The van der Waals surface area contributed by atoms with Crippen molar-refractivity contribution < 1.29 is 14.2 Å². The van der Waals surface area contributed by atoms with Crippen molar-refractivity contribution >= 4 is 0 Å². The lowest BCUT2D eigenvalue weighted by atomic mass is 9.99. The average molecular weight is 232 g/mol. The molecule has 0 bridgehead atoms. The van der Waals surface area contributed by atoms with Crippen LogP contribution in [-0.2, 0) is 0 Å². The molecule has 2 aromatic carbocycles. The number of rotatable bonds is 2. The highest BCUT2D eigenvalue weighted by Crippen LogP contribution is 2.33. The molecule has 0 aliphatic rings. The molecular weight excluding hydrogens is 219 g/mol. The summed E-state index contributed by atoms with van der Waals surface area (Å²) in [7, 11) is 1.55. The minimum Gasteiger partial charge on any atom is -0.508 e. The molecule has 1 N–H and O–H groups in total. The van der Waals surface area contributed by atoms with Gasteiger partial charge in [0.25, 0.3) is 0 Å². The largest absolute Gasteiger partial charge is 0.508 e. The van der Waals surface area contributed by atoms with E-state index in [9.17, 15) is 9.50 Å². The SMILES string of the molecule is COc1ccc(F)cc1-c1ccc(O)cc1C. The Morgan fingerprint density at radius 1 is 1.06 bits per heavy atom. The minimum atomic E-state index is -0.312. The highest BCUT2D eigenvalue weighted by molar-refractivity contribution is 5.73. The number of ether oxygens (including phenoxy) is 1. The molecule has 88 valence electrons. The van der Waals surface area contributed by atoms with Crippen LogP contribution < -0.4 is 4.74 Å². The van der Waals surface area contributed by atoms with Crippen LogP contribution in [0.15, 0.2) is 36.4 Å². The van der Waals surface area contributed by atoms with Gasteiger partial charge in [-0.25, -0.2) is 4.39 Å². The molecule has 0 saturated heterocycles. The summed E-state index contributed by atoms with van der Waals surface area (Å²) in [6.07, 6.45) is 0. The first-order valence-corrected chi connectivity index (χ1v) is 5.25. The molecule has 0 fully saturated rings. The van der Waals surface area contributed by atoms with E-state index >= 15 is 0 Å². The van der Waals surface area contributed by atoms with Gasteiger partial charge in [0.1, 0.15) is 17.3 Å². The maximum absolute atomic E-state index is 13.3. The summed E-state index contributed by atoms with van der Waals surface area (Å²) in [6, 6.07) is 9.35. The zero-order chi connectivity index (χ0) is 12.4. The number of hydrogen-bond donors (Lipinski definition) is 1. The van der Waals surface area contributed by atoms with E-state index in [1.807, 2.05) is 6.92 Å². The summed E-state index contributed by atoms with van der Waals surface area (Å²) in [5.74, 6) is 0.495. The molecule has 17 heavy (non-hydrogen) atoms. The molecule has 0 heterocycles. The summed E-state index contributed by atoms with van der Waals surface area (Å²) in [4.78, 5) is 0. The lowest BCUT2D eigenvalue weighted by molar-refractivity contribution is 0.415. The second-order valence-electron chi connectivity index (χ2n) is 3.84. The van der Waals surface area contributed by atoms with Gasteiger partial charge in [-0.3, -0.25) is 0 Å². The Morgan fingerprint density at radius 3 is 2.47 bits per heavy atom. The second kappa shape index (κ2) is 4.45. The number of halogens is 1. The van der Waals surface area contributed by atoms with Gasteiger partial charge in [0.15, 0.2) is 0 Å². The quantitative estimate of drug-likeness (QED) is 0.858. The molecule has 0 aliphatic carbocycles. The van der Waals surface area contributed by atoms with Crippen molar-refractivity contribution in [2.75, 3.05) is 7.11 Å². The highest BCUT2D eigenvalue weighted by Gasteiger charge is 2.09. The smallest absolute Gasteiger partial charge is 0.126 e. The summed E-state index contributed by atoms with van der Waals surface area (Å²) >= 11 is 0. The fraction of sp³-hybridized carbons (Fsp3) is 0.143. The predicted molar refractivity (Wildman–Crippen MR) is 64.8 cm³/mol. The van der Waals surface area contributed by atoms with Crippen molar-refractivity contribution in [2.45, 2.75) is 6.92 Å². The third-order valence-corrected chi connectivity index (χ3v) is 2.66. The molecule has 0 radical (unpaired) electrons. The number of hydrogen-bond acceptors (Lipinski definition) is 2.